The fraction of sp³-hybridized carbons (Fsp3) is 0.381. The normalized spacial score (nSPS) is 17.3. The lowest BCUT2D eigenvalue weighted by Gasteiger charge is -2.30. The molecule has 7 heteroatoms. The number of hydrogen-bond donors (Lipinski definition) is 1. The molecule has 28 heavy (non-hydrogen) atoms. The minimum atomic E-state index is -0.941. The van der Waals surface area contributed by atoms with E-state index >= 15 is 0 Å². The van der Waals surface area contributed by atoms with Gasteiger partial charge in [-0.2, -0.15) is 0 Å². The number of nitrogens with zero attached hydrogens (tertiary/aromatic N) is 2. The Hall–Kier alpha value is -2.93. The lowest BCUT2D eigenvalue weighted by atomic mass is 9.94. The highest BCUT2D eigenvalue weighted by atomic mass is 16.3. The number of Topliss-reactive ketones (excluding diaryl/α,β-unsaturated/α-hetero) is 1. The Kier molecular flexibility index (Phi) is 5.12. The number of aryl methyl sites for hydroxylation is 1. The molecule has 1 unspecified atom stereocenters. The summed E-state index contributed by atoms with van der Waals surface area (Å²) >= 11 is 0. The van der Waals surface area contributed by atoms with Crippen molar-refractivity contribution in [2.75, 3.05) is 22.9 Å². The number of carbonyl (C=O) groups excluding carboxylic acids is 3. The summed E-state index contributed by atoms with van der Waals surface area (Å²) in [6, 6.07) is 7.69. The number of rotatable bonds is 3. The van der Waals surface area contributed by atoms with Crippen LogP contribution in [-0.2, 0) is 9.59 Å². The molecule has 0 bridgehead atoms. The number of benzene rings is 1. The van der Waals surface area contributed by atoms with Crippen molar-refractivity contribution in [1.82, 2.24) is 0 Å². The second-order valence-electron chi connectivity index (χ2n) is 8.09. The molecule has 0 aliphatic carbocycles. The van der Waals surface area contributed by atoms with E-state index in [9.17, 15) is 14.4 Å². The van der Waals surface area contributed by atoms with Crippen molar-refractivity contribution < 1.29 is 18.8 Å². The van der Waals surface area contributed by atoms with E-state index in [1.54, 1.807) is 29.2 Å². The molecule has 0 fully saturated rings. The number of nitrogens with two attached hydrogens (primary N) is 1. The van der Waals surface area contributed by atoms with Gasteiger partial charge in [-0.1, -0.05) is 26.8 Å². The van der Waals surface area contributed by atoms with Crippen LogP contribution < -0.4 is 15.5 Å². The fourth-order valence-electron chi connectivity index (χ4n) is 3.19. The summed E-state index contributed by atoms with van der Waals surface area (Å²) in [7, 11) is 0. The van der Waals surface area contributed by atoms with Crippen molar-refractivity contribution in [2.24, 2.45) is 11.1 Å². The summed E-state index contributed by atoms with van der Waals surface area (Å²) in [4.78, 5) is 41.6. The zero-order valence-corrected chi connectivity index (χ0v) is 16.6. The monoisotopic (exact) mass is 383 g/mol. The fourth-order valence-corrected chi connectivity index (χ4v) is 3.19. The van der Waals surface area contributed by atoms with Crippen molar-refractivity contribution in [3.63, 3.8) is 0 Å². The molecular formula is C21H25N3O4. The molecule has 3 rings (SSSR count). The molecule has 2 heterocycles. The summed E-state index contributed by atoms with van der Waals surface area (Å²) in [5, 5.41) is 0. The van der Waals surface area contributed by atoms with Gasteiger partial charge in [-0.25, -0.2) is 0 Å². The van der Waals surface area contributed by atoms with E-state index in [-0.39, 0.29) is 30.5 Å². The van der Waals surface area contributed by atoms with Gasteiger partial charge >= 0.3 is 0 Å². The predicted molar refractivity (Wildman–Crippen MR) is 106 cm³/mol. The van der Waals surface area contributed by atoms with Crippen molar-refractivity contribution in [3.05, 3.63) is 47.9 Å². The van der Waals surface area contributed by atoms with E-state index in [0.717, 1.165) is 5.56 Å². The van der Waals surface area contributed by atoms with Crippen molar-refractivity contribution in [1.29, 1.82) is 0 Å². The van der Waals surface area contributed by atoms with E-state index in [1.807, 2.05) is 33.8 Å². The first-order chi connectivity index (χ1) is 13.1. The third kappa shape index (κ3) is 3.71. The minimum Gasteiger partial charge on any atom is -0.461 e. The van der Waals surface area contributed by atoms with Crippen LogP contribution in [0.15, 0.2) is 41.0 Å². The highest BCUT2D eigenvalue weighted by Crippen LogP contribution is 2.36. The Labute approximate surface area is 164 Å². The predicted octanol–water partition coefficient (Wildman–Crippen LogP) is 2.52. The summed E-state index contributed by atoms with van der Waals surface area (Å²) < 4.78 is 5.16. The van der Waals surface area contributed by atoms with Gasteiger partial charge in [-0.3, -0.25) is 14.4 Å². The summed E-state index contributed by atoms with van der Waals surface area (Å²) in [6.07, 6.45) is 1.41. The van der Waals surface area contributed by atoms with Crippen molar-refractivity contribution in [3.8, 4) is 0 Å². The van der Waals surface area contributed by atoms with Gasteiger partial charge in [0.2, 0.25) is 17.6 Å². The third-order valence-corrected chi connectivity index (χ3v) is 4.66. The number of ketones is 1. The van der Waals surface area contributed by atoms with Crippen LogP contribution in [0.1, 0.15) is 36.9 Å². The summed E-state index contributed by atoms with van der Waals surface area (Å²) in [5.41, 5.74) is 7.45. The van der Waals surface area contributed by atoms with Crippen LogP contribution in [0.5, 0.6) is 0 Å². The molecule has 148 valence electrons. The van der Waals surface area contributed by atoms with Gasteiger partial charge in [0, 0.05) is 5.41 Å². The zero-order chi connectivity index (χ0) is 20.6. The van der Waals surface area contributed by atoms with E-state index in [2.05, 4.69) is 0 Å². The third-order valence-electron chi connectivity index (χ3n) is 4.66. The molecule has 1 atom stereocenters. The van der Waals surface area contributed by atoms with Gasteiger partial charge in [0.15, 0.2) is 5.76 Å². The van der Waals surface area contributed by atoms with E-state index in [1.165, 1.54) is 11.2 Å². The topological polar surface area (TPSA) is 96.8 Å². The van der Waals surface area contributed by atoms with Crippen LogP contribution >= 0.6 is 0 Å². The van der Waals surface area contributed by atoms with Gasteiger partial charge in [-0.15, -0.1) is 0 Å². The molecule has 2 aromatic rings. The molecule has 0 radical (unpaired) electrons. The number of furan rings is 1. The van der Waals surface area contributed by atoms with E-state index < -0.39 is 17.4 Å². The molecule has 1 aromatic heterocycles. The summed E-state index contributed by atoms with van der Waals surface area (Å²) in [5.74, 6) is -0.716. The number of fused-ring (bicyclic) bond motifs is 1. The maximum absolute atomic E-state index is 13.0. The van der Waals surface area contributed by atoms with Gasteiger partial charge in [0.05, 0.1) is 30.7 Å². The standard InChI is InChI=1S/C21H25N3O4/c1-13-7-8-15-16(10-13)23(12-17(25)18-6-5-9-28-18)19(26)14(22)11-24(15)20(27)21(2,3)4/h5-10,14H,11-12,22H2,1-4H3. The van der Waals surface area contributed by atoms with Crippen molar-refractivity contribution in [2.45, 2.75) is 33.7 Å². The first kappa shape index (κ1) is 19.8. The van der Waals surface area contributed by atoms with Crippen LogP contribution in [0.3, 0.4) is 0 Å². The van der Waals surface area contributed by atoms with Gasteiger partial charge in [0.1, 0.15) is 6.04 Å². The van der Waals surface area contributed by atoms with E-state index in [0.29, 0.717) is 11.4 Å². The number of hydrogen-bond acceptors (Lipinski definition) is 5. The Balaban J connectivity index is 2.08. The zero-order valence-electron chi connectivity index (χ0n) is 16.6. The van der Waals surface area contributed by atoms with Crippen LogP contribution in [0.4, 0.5) is 11.4 Å². The molecule has 2 N–H and O–H groups in total. The molecule has 1 aliphatic rings. The maximum atomic E-state index is 13.0. The molecule has 0 saturated carbocycles. The average Bonchev–Trinajstić information content (AvgIpc) is 3.14. The highest BCUT2D eigenvalue weighted by Gasteiger charge is 2.38. The van der Waals surface area contributed by atoms with Crippen LogP contribution in [-0.4, -0.2) is 36.7 Å². The highest BCUT2D eigenvalue weighted by molar-refractivity contribution is 6.11. The molecular weight excluding hydrogens is 358 g/mol. The molecule has 2 amide bonds. The van der Waals surface area contributed by atoms with E-state index in [4.69, 9.17) is 10.2 Å². The Morgan fingerprint density at radius 2 is 1.93 bits per heavy atom. The molecule has 1 aliphatic heterocycles. The van der Waals surface area contributed by atoms with Crippen LogP contribution in [0.2, 0.25) is 0 Å². The number of amides is 2. The van der Waals surface area contributed by atoms with Gasteiger partial charge < -0.3 is 20.0 Å². The maximum Gasteiger partial charge on any atom is 0.246 e. The Morgan fingerprint density at radius 3 is 2.54 bits per heavy atom. The first-order valence-electron chi connectivity index (χ1n) is 9.16. The molecule has 1 aromatic carbocycles. The van der Waals surface area contributed by atoms with Crippen LogP contribution in [0, 0.1) is 12.3 Å². The number of anilines is 2. The second kappa shape index (κ2) is 7.24. The lowest BCUT2D eigenvalue weighted by Crippen LogP contribution is -2.50. The number of carbonyl (C=O) groups is 3. The Morgan fingerprint density at radius 1 is 1.21 bits per heavy atom. The molecule has 7 nitrogen and oxygen atoms in total. The minimum absolute atomic E-state index is 0.0520. The van der Waals surface area contributed by atoms with Crippen molar-refractivity contribution >= 4 is 29.0 Å². The SMILES string of the molecule is Cc1ccc2c(c1)N(CC(=O)c1ccco1)C(=O)C(N)CN2C(=O)C(C)(C)C. The second-order valence-corrected chi connectivity index (χ2v) is 8.09. The quantitative estimate of drug-likeness (QED) is 0.822. The average molecular weight is 383 g/mol. The lowest BCUT2D eigenvalue weighted by molar-refractivity contribution is -0.125. The molecule has 0 spiro atoms. The summed E-state index contributed by atoms with van der Waals surface area (Å²) in [6.45, 7) is 7.18. The Bertz CT molecular complexity index is 912. The molecule has 0 saturated heterocycles. The van der Waals surface area contributed by atoms with Gasteiger partial charge in [0.25, 0.3) is 0 Å². The van der Waals surface area contributed by atoms with Crippen LogP contribution in [0.25, 0.3) is 0 Å². The largest absolute Gasteiger partial charge is 0.461 e. The smallest absolute Gasteiger partial charge is 0.246 e. The first-order valence-corrected chi connectivity index (χ1v) is 9.16. The van der Waals surface area contributed by atoms with Gasteiger partial charge in [-0.05, 0) is 36.8 Å².